The summed E-state index contributed by atoms with van der Waals surface area (Å²) in [6, 6.07) is 14.4. The van der Waals surface area contributed by atoms with Crippen LogP contribution in [0.25, 0.3) is 0 Å². The van der Waals surface area contributed by atoms with Gasteiger partial charge in [0.15, 0.2) is 0 Å². The van der Waals surface area contributed by atoms with Gasteiger partial charge in [-0.25, -0.2) is 0 Å². The quantitative estimate of drug-likeness (QED) is 0.462. The minimum Gasteiger partial charge on any atom is -0.494 e. The highest BCUT2D eigenvalue weighted by Crippen LogP contribution is 2.37. The van der Waals surface area contributed by atoms with Gasteiger partial charge in [0, 0.05) is 8.95 Å². The Morgan fingerprint density at radius 1 is 1.10 bits per heavy atom. The zero-order valence-corrected chi connectivity index (χ0v) is 15.8. The van der Waals surface area contributed by atoms with Gasteiger partial charge in [-0.2, -0.15) is 0 Å². The van der Waals surface area contributed by atoms with E-state index in [9.17, 15) is 0 Å². The molecular formula is C16H15Br3O. The first-order chi connectivity index (χ1) is 9.61. The second kappa shape index (κ2) is 7.62. The van der Waals surface area contributed by atoms with Crippen LogP contribution in [-0.2, 0) is 0 Å². The first-order valence-corrected chi connectivity index (χ1v) is 8.93. The van der Waals surface area contributed by atoms with Crippen LogP contribution in [0, 0.1) is 0 Å². The lowest BCUT2D eigenvalue weighted by atomic mass is 10.0. The average Bonchev–Trinajstić information content (AvgIpc) is 2.47. The van der Waals surface area contributed by atoms with Gasteiger partial charge in [0.25, 0.3) is 0 Å². The Hall–Kier alpha value is -0.320. The van der Waals surface area contributed by atoms with Crippen molar-refractivity contribution >= 4 is 47.8 Å². The van der Waals surface area contributed by atoms with Crippen LogP contribution in [0.1, 0.15) is 29.3 Å². The van der Waals surface area contributed by atoms with Crippen molar-refractivity contribution in [3.63, 3.8) is 0 Å². The Labute approximate surface area is 145 Å². The number of hydrogen-bond donors (Lipinski definition) is 0. The molecule has 0 amide bonds. The van der Waals surface area contributed by atoms with Crippen LogP contribution in [0.5, 0.6) is 5.75 Å². The van der Waals surface area contributed by atoms with Crippen molar-refractivity contribution in [2.24, 2.45) is 0 Å². The van der Waals surface area contributed by atoms with E-state index in [-0.39, 0.29) is 4.83 Å². The van der Waals surface area contributed by atoms with Gasteiger partial charge < -0.3 is 4.74 Å². The summed E-state index contributed by atoms with van der Waals surface area (Å²) in [7, 11) is 0. The van der Waals surface area contributed by atoms with Crippen molar-refractivity contribution in [2.45, 2.75) is 18.2 Å². The summed E-state index contributed by atoms with van der Waals surface area (Å²) >= 11 is 10.9. The monoisotopic (exact) mass is 460 g/mol. The van der Waals surface area contributed by atoms with Crippen LogP contribution < -0.4 is 4.74 Å². The molecule has 0 heterocycles. The van der Waals surface area contributed by atoms with Crippen molar-refractivity contribution in [2.75, 3.05) is 6.61 Å². The first kappa shape index (κ1) is 16.1. The molecule has 0 fully saturated rings. The van der Waals surface area contributed by atoms with Gasteiger partial charge in [0.1, 0.15) is 5.75 Å². The molecule has 2 aromatic carbocycles. The van der Waals surface area contributed by atoms with Crippen LogP contribution in [0.3, 0.4) is 0 Å². The van der Waals surface area contributed by atoms with Crippen LogP contribution in [0.4, 0.5) is 0 Å². The fourth-order valence-electron chi connectivity index (χ4n) is 1.87. The highest BCUT2D eigenvalue weighted by atomic mass is 79.9. The average molecular weight is 463 g/mol. The Kier molecular flexibility index (Phi) is 6.12. The van der Waals surface area contributed by atoms with E-state index < -0.39 is 0 Å². The third-order valence-corrected chi connectivity index (χ3v) is 5.09. The minimum absolute atomic E-state index is 0.125. The maximum atomic E-state index is 5.69. The van der Waals surface area contributed by atoms with E-state index in [0.29, 0.717) is 0 Å². The van der Waals surface area contributed by atoms with E-state index >= 15 is 0 Å². The molecule has 0 saturated carbocycles. The molecule has 106 valence electrons. The maximum absolute atomic E-state index is 5.69. The van der Waals surface area contributed by atoms with Gasteiger partial charge in [0.2, 0.25) is 0 Å². The largest absolute Gasteiger partial charge is 0.494 e. The van der Waals surface area contributed by atoms with Crippen molar-refractivity contribution in [1.29, 1.82) is 0 Å². The molecular weight excluding hydrogens is 448 g/mol. The van der Waals surface area contributed by atoms with Gasteiger partial charge in [-0.05, 0) is 47.9 Å². The molecule has 0 spiro atoms. The van der Waals surface area contributed by atoms with Crippen LogP contribution >= 0.6 is 47.8 Å². The van der Waals surface area contributed by atoms with Gasteiger partial charge in [-0.3, -0.25) is 0 Å². The fourth-order valence-corrected chi connectivity index (χ4v) is 3.70. The summed E-state index contributed by atoms with van der Waals surface area (Å²) in [5, 5.41) is 0. The Bertz CT molecular complexity index is 584. The summed E-state index contributed by atoms with van der Waals surface area (Å²) in [6.45, 7) is 2.85. The van der Waals surface area contributed by atoms with Crippen molar-refractivity contribution < 1.29 is 4.74 Å². The van der Waals surface area contributed by atoms with Crippen LogP contribution in [0.2, 0.25) is 0 Å². The Balaban J connectivity index is 2.28. The van der Waals surface area contributed by atoms with Gasteiger partial charge in [-0.1, -0.05) is 66.8 Å². The molecule has 2 aromatic rings. The third-order valence-electron chi connectivity index (χ3n) is 2.85. The highest BCUT2D eigenvalue weighted by molar-refractivity contribution is 9.11. The van der Waals surface area contributed by atoms with Crippen LogP contribution in [-0.4, -0.2) is 6.61 Å². The second-order valence-electron chi connectivity index (χ2n) is 4.45. The van der Waals surface area contributed by atoms with Crippen molar-refractivity contribution in [3.05, 3.63) is 62.5 Å². The van der Waals surface area contributed by atoms with Crippen LogP contribution in [0.15, 0.2) is 51.4 Å². The molecule has 0 saturated heterocycles. The minimum atomic E-state index is 0.125. The number of benzene rings is 2. The molecule has 0 aliphatic carbocycles. The number of hydrogen-bond acceptors (Lipinski definition) is 1. The molecule has 0 aliphatic rings. The van der Waals surface area contributed by atoms with Crippen molar-refractivity contribution in [3.8, 4) is 5.75 Å². The zero-order chi connectivity index (χ0) is 14.5. The molecule has 2 rings (SSSR count). The predicted molar refractivity (Wildman–Crippen MR) is 94.8 cm³/mol. The second-order valence-corrected chi connectivity index (χ2v) is 7.14. The molecule has 4 heteroatoms. The molecule has 0 aromatic heterocycles. The lowest BCUT2D eigenvalue weighted by Gasteiger charge is -2.14. The van der Waals surface area contributed by atoms with Gasteiger partial charge in [-0.15, -0.1) is 0 Å². The lowest BCUT2D eigenvalue weighted by Crippen LogP contribution is -1.98. The molecule has 0 aliphatic heterocycles. The van der Waals surface area contributed by atoms with Gasteiger partial charge in [0.05, 0.1) is 11.4 Å². The number of halogens is 3. The topological polar surface area (TPSA) is 9.23 Å². The Morgan fingerprint density at radius 2 is 1.90 bits per heavy atom. The molecule has 0 bridgehead atoms. The molecule has 1 atom stereocenters. The third kappa shape index (κ3) is 4.09. The van der Waals surface area contributed by atoms with E-state index in [1.165, 1.54) is 11.1 Å². The summed E-state index contributed by atoms with van der Waals surface area (Å²) in [5.41, 5.74) is 2.37. The predicted octanol–water partition coefficient (Wildman–Crippen LogP) is 6.48. The SMILES string of the molecule is CCCOc1cccc(C(Br)c2cc(Br)ccc2Br)c1. The van der Waals surface area contributed by atoms with E-state index in [1.807, 2.05) is 24.3 Å². The van der Waals surface area contributed by atoms with E-state index in [0.717, 1.165) is 27.7 Å². The smallest absolute Gasteiger partial charge is 0.119 e. The first-order valence-electron chi connectivity index (χ1n) is 6.43. The zero-order valence-electron chi connectivity index (χ0n) is 11.1. The molecule has 0 N–H and O–H groups in total. The number of rotatable bonds is 5. The number of alkyl halides is 1. The summed E-state index contributed by atoms with van der Waals surface area (Å²) in [6.07, 6.45) is 1.01. The summed E-state index contributed by atoms with van der Waals surface area (Å²) in [5.74, 6) is 0.917. The normalized spacial score (nSPS) is 12.2. The molecule has 20 heavy (non-hydrogen) atoms. The van der Waals surface area contributed by atoms with E-state index in [2.05, 4.69) is 72.9 Å². The Morgan fingerprint density at radius 3 is 2.65 bits per heavy atom. The van der Waals surface area contributed by atoms with E-state index in [1.54, 1.807) is 0 Å². The number of ether oxygens (including phenoxy) is 1. The maximum Gasteiger partial charge on any atom is 0.119 e. The van der Waals surface area contributed by atoms with Gasteiger partial charge >= 0.3 is 0 Å². The summed E-state index contributed by atoms with van der Waals surface area (Å²) < 4.78 is 7.85. The fraction of sp³-hybridized carbons (Fsp3) is 0.250. The standard InChI is InChI=1S/C16H15Br3O/c1-2-8-20-13-5-3-4-11(9-13)16(19)14-10-12(17)6-7-15(14)18/h3-7,9-10,16H,2,8H2,1H3. The van der Waals surface area contributed by atoms with E-state index in [4.69, 9.17) is 4.74 Å². The summed E-state index contributed by atoms with van der Waals surface area (Å²) in [4.78, 5) is 0.125. The molecule has 1 unspecified atom stereocenters. The highest BCUT2D eigenvalue weighted by Gasteiger charge is 2.14. The molecule has 0 radical (unpaired) electrons. The lowest BCUT2D eigenvalue weighted by molar-refractivity contribution is 0.317. The van der Waals surface area contributed by atoms with Crippen molar-refractivity contribution in [1.82, 2.24) is 0 Å². The molecule has 1 nitrogen and oxygen atoms in total.